The van der Waals surface area contributed by atoms with Gasteiger partial charge in [0, 0.05) is 31.7 Å². The zero-order valence-electron chi connectivity index (χ0n) is 15.8. The van der Waals surface area contributed by atoms with E-state index in [-0.39, 0.29) is 5.97 Å². The third-order valence-corrected chi connectivity index (χ3v) is 4.46. The van der Waals surface area contributed by atoms with E-state index in [1.165, 1.54) is 12.8 Å². The van der Waals surface area contributed by atoms with Gasteiger partial charge >= 0.3 is 5.97 Å². The van der Waals surface area contributed by atoms with Crippen molar-refractivity contribution in [2.45, 2.75) is 25.7 Å². The van der Waals surface area contributed by atoms with E-state index in [4.69, 9.17) is 17.0 Å². The fourth-order valence-electron chi connectivity index (χ4n) is 2.67. The van der Waals surface area contributed by atoms with Crippen LogP contribution in [0.15, 0.2) is 29.4 Å². The minimum Gasteiger partial charge on any atom is -0.469 e. The second-order valence-electron chi connectivity index (χ2n) is 6.20. The first-order valence-electron chi connectivity index (χ1n) is 9.25. The summed E-state index contributed by atoms with van der Waals surface area (Å²) >= 11 is 5.19. The number of carbonyl (C=O) groups is 1. The average molecular weight is 393 g/mol. The van der Waals surface area contributed by atoms with E-state index in [0.29, 0.717) is 11.5 Å². The van der Waals surface area contributed by atoms with E-state index in [2.05, 4.69) is 37.6 Å². The maximum Gasteiger partial charge on any atom is 0.305 e. The van der Waals surface area contributed by atoms with Crippen LogP contribution in [0.25, 0.3) is 0 Å². The summed E-state index contributed by atoms with van der Waals surface area (Å²) in [5.74, 6) is -0.160. The number of ether oxygens (including phenoxy) is 2. The van der Waals surface area contributed by atoms with Crippen LogP contribution in [0.3, 0.4) is 0 Å². The third-order valence-electron chi connectivity index (χ3n) is 4.22. The van der Waals surface area contributed by atoms with E-state index in [9.17, 15) is 4.79 Å². The van der Waals surface area contributed by atoms with Crippen molar-refractivity contribution in [2.24, 2.45) is 5.10 Å². The Balaban J connectivity index is 1.60. The van der Waals surface area contributed by atoms with Crippen LogP contribution in [-0.2, 0) is 14.3 Å². The first-order chi connectivity index (χ1) is 13.2. The molecule has 8 heteroatoms. The van der Waals surface area contributed by atoms with Gasteiger partial charge in [0.25, 0.3) is 0 Å². The van der Waals surface area contributed by atoms with Crippen LogP contribution >= 0.6 is 12.2 Å². The lowest BCUT2D eigenvalue weighted by atomic mass is 10.2. The molecule has 1 aliphatic heterocycles. The lowest BCUT2D eigenvalue weighted by molar-refractivity contribution is -0.140. The van der Waals surface area contributed by atoms with Crippen molar-refractivity contribution in [2.75, 3.05) is 44.9 Å². The van der Waals surface area contributed by atoms with Gasteiger partial charge < -0.3 is 19.7 Å². The fraction of sp³-hybridized carbons (Fsp3) is 0.526. The number of hydrazone groups is 1. The quantitative estimate of drug-likeness (QED) is 0.219. The number of carbonyl (C=O) groups excluding carboxylic acids is 1. The van der Waals surface area contributed by atoms with Crippen molar-refractivity contribution in [3.8, 4) is 0 Å². The number of methoxy groups -OCH3 is 1. The Bertz CT molecular complexity index is 616. The third kappa shape index (κ3) is 8.36. The number of nitrogens with zero attached hydrogens (tertiary/aromatic N) is 2. The molecule has 0 aromatic heterocycles. The van der Waals surface area contributed by atoms with Crippen LogP contribution in [0.2, 0.25) is 0 Å². The maximum absolute atomic E-state index is 11.0. The second-order valence-corrected chi connectivity index (χ2v) is 6.61. The first-order valence-corrected chi connectivity index (χ1v) is 9.66. The molecule has 0 amide bonds. The number of morpholine rings is 1. The highest BCUT2D eigenvalue weighted by Gasteiger charge is 2.10. The summed E-state index contributed by atoms with van der Waals surface area (Å²) < 4.78 is 9.98. The lowest BCUT2D eigenvalue weighted by Crippen LogP contribution is -2.36. The van der Waals surface area contributed by atoms with Crippen molar-refractivity contribution >= 4 is 35.2 Å². The zero-order valence-corrected chi connectivity index (χ0v) is 16.6. The van der Waals surface area contributed by atoms with Gasteiger partial charge in [-0.3, -0.25) is 10.2 Å². The molecule has 1 saturated heterocycles. The molecule has 27 heavy (non-hydrogen) atoms. The Hall–Kier alpha value is -2.19. The Morgan fingerprint density at radius 1 is 1.26 bits per heavy atom. The molecule has 0 unspecified atom stereocenters. The summed E-state index contributed by atoms with van der Waals surface area (Å²) in [5.41, 5.74) is 5.02. The number of esters is 1. The van der Waals surface area contributed by atoms with Crippen molar-refractivity contribution < 1.29 is 14.3 Å². The molecule has 1 heterocycles. The Morgan fingerprint density at radius 2 is 2.00 bits per heavy atom. The van der Waals surface area contributed by atoms with Gasteiger partial charge in [-0.1, -0.05) is 18.6 Å². The predicted molar refractivity (Wildman–Crippen MR) is 111 cm³/mol. The SMILES string of the molecule is COC(=O)CCCCCNC(=S)N/N=C\c1ccc(N2CCOCC2)cc1. The normalized spacial score (nSPS) is 14.2. The standard InChI is InChI=1S/C19H28N4O3S/c1-25-18(24)5-3-2-4-10-20-19(27)22-21-15-16-6-8-17(9-7-16)23-11-13-26-14-12-23/h6-9,15H,2-5,10-14H2,1H3,(H2,20,22,27)/b21-15-. The maximum atomic E-state index is 11.0. The molecule has 2 rings (SSSR count). The molecule has 7 nitrogen and oxygen atoms in total. The predicted octanol–water partition coefficient (Wildman–Crippen LogP) is 2.05. The number of unbranched alkanes of at least 4 members (excludes halogenated alkanes) is 2. The smallest absolute Gasteiger partial charge is 0.305 e. The number of hydrogen-bond donors (Lipinski definition) is 2. The van der Waals surface area contributed by atoms with E-state index >= 15 is 0 Å². The van der Waals surface area contributed by atoms with Crippen molar-refractivity contribution in [1.29, 1.82) is 0 Å². The number of benzene rings is 1. The molecule has 1 aliphatic rings. The van der Waals surface area contributed by atoms with Gasteiger partial charge in [0.2, 0.25) is 0 Å². The fourth-order valence-corrected chi connectivity index (χ4v) is 2.83. The van der Waals surface area contributed by atoms with Gasteiger partial charge in [-0.05, 0) is 42.8 Å². The zero-order chi connectivity index (χ0) is 19.3. The van der Waals surface area contributed by atoms with Gasteiger partial charge in [0.05, 0.1) is 26.5 Å². The monoisotopic (exact) mass is 392 g/mol. The average Bonchev–Trinajstić information content (AvgIpc) is 2.71. The summed E-state index contributed by atoms with van der Waals surface area (Å²) in [6.45, 7) is 4.16. The molecule has 0 saturated carbocycles. The number of anilines is 1. The Morgan fingerprint density at radius 3 is 2.70 bits per heavy atom. The molecule has 0 bridgehead atoms. The topological polar surface area (TPSA) is 75.2 Å². The van der Waals surface area contributed by atoms with Crippen LogP contribution in [0, 0.1) is 0 Å². The summed E-state index contributed by atoms with van der Waals surface area (Å²) in [5, 5.41) is 7.74. The van der Waals surface area contributed by atoms with Crippen LogP contribution in [-0.4, -0.2) is 57.3 Å². The van der Waals surface area contributed by atoms with E-state index in [1.54, 1.807) is 6.21 Å². The summed E-state index contributed by atoms with van der Waals surface area (Å²) in [4.78, 5) is 13.3. The minimum absolute atomic E-state index is 0.160. The number of hydrogen-bond acceptors (Lipinski definition) is 6. The minimum atomic E-state index is -0.160. The largest absolute Gasteiger partial charge is 0.469 e. The van der Waals surface area contributed by atoms with E-state index in [0.717, 1.165) is 57.7 Å². The molecular formula is C19H28N4O3S. The van der Waals surface area contributed by atoms with Gasteiger partial charge in [-0.25, -0.2) is 0 Å². The molecule has 148 valence electrons. The highest BCUT2D eigenvalue weighted by molar-refractivity contribution is 7.80. The molecule has 2 N–H and O–H groups in total. The van der Waals surface area contributed by atoms with E-state index < -0.39 is 0 Å². The van der Waals surface area contributed by atoms with Crippen molar-refractivity contribution in [3.63, 3.8) is 0 Å². The van der Waals surface area contributed by atoms with Gasteiger partial charge in [-0.2, -0.15) is 5.10 Å². The number of thiocarbonyl (C=S) groups is 1. The van der Waals surface area contributed by atoms with Crippen LogP contribution < -0.4 is 15.6 Å². The van der Waals surface area contributed by atoms with Crippen LogP contribution in [0.1, 0.15) is 31.2 Å². The summed E-state index contributed by atoms with van der Waals surface area (Å²) in [6.07, 6.45) is 4.92. The Kier molecular flexibility index (Phi) is 9.57. The first kappa shape index (κ1) is 21.1. The number of rotatable bonds is 9. The molecule has 1 aromatic rings. The number of nitrogens with one attached hydrogen (secondary N) is 2. The van der Waals surface area contributed by atoms with E-state index in [1.807, 2.05) is 12.1 Å². The summed E-state index contributed by atoms with van der Waals surface area (Å²) in [7, 11) is 1.41. The molecular weight excluding hydrogens is 364 g/mol. The van der Waals surface area contributed by atoms with Gasteiger partial charge in [-0.15, -0.1) is 0 Å². The van der Waals surface area contributed by atoms with Crippen molar-refractivity contribution in [3.05, 3.63) is 29.8 Å². The highest BCUT2D eigenvalue weighted by Crippen LogP contribution is 2.15. The van der Waals surface area contributed by atoms with Crippen molar-refractivity contribution in [1.82, 2.24) is 10.7 Å². The molecule has 1 fully saturated rings. The molecule has 0 aliphatic carbocycles. The second kappa shape index (κ2) is 12.2. The van der Waals surface area contributed by atoms with Crippen LogP contribution in [0.4, 0.5) is 5.69 Å². The van der Waals surface area contributed by atoms with Gasteiger partial charge in [0.15, 0.2) is 5.11 Å². The van der Waals surface area contributed by atoms with Crippen LogP contribution in [0.5, 0.6) is 0 Å². The molecule has 0 atom stereocenters. The Labute approximate surface area is 166 Å². The highest BCUT2D eigenvalue weighted by atomic mass is 32.1. The molecule has 1 aromatic carbocycles. The molecule has 0 spiro atoms. The van der Waals surface area contributed by atoms with Gasteiger partial charge in [0.1, 0.15) is 0 Å². The molecule has 0 radical (unpaired) electrons. The summed E-state index contributed by atoms with van der Waals surface area (Å²) in [6, 6.07) is 8.26. The lowest BCUT2D eigenvalue weighted by Gasteiger charge is -2.28.